The van der Waals surface area contributed by atoms with Gasteiger partial charge in [0.25, 0.3) is 5.91 Å². The molecule has 2 aromatic carbocycles. The van der Waals surface area contributed by atoms with Gasteiger partial charge in [0.05, 0.1) is 18.6 Å². The van der Waals surface area contributed by atoms with E-state index in [-0.39, 0.29) is 18.9 Å². The number of benzene rings is 2. The maximum atomic E-state index is 12.3. The van der Waals surface area contributed by atoms with Crippen LogP contribution in [0.5, 0.6) is 0 Å². The van der Waals surface area contributed by atoms with Gasteiger partial charge in [0.2, 0.25) is 5.91 Å². The molecule has 1 aliphatic rings. The number of anilines is 2. The van der Waals surface area contributed by atoms with Gasteiger partial charge in [-0.25, -0.2) is 4.79 Å². The number of hydrogen-bond acceptors (Lipinski definition) is 6. The van der Waals surface area contributed by atoms with E-state index in [1.807, 2.05) is 31.2 Å². The van der Waals surface area contributed by atoms with Crippen LogP contribution < -0.4 is 10.2 Å². The molecule has 1 atom stereocenters. The predicted molar refractivity (Wildman–Crippen MR) is 109 cm³/mol. The fourth-order valence-electron chi connectivity index (χ4n) is 3.22. The molecule has 2 aromatic rings. The number of carbonyl (C=O) groups is 4. The Labute approximate surface area is 173 Å². The number of nitrogens with zero attached hydrogens (tertiary/aromatic N) is 1. The van der Waals surface area contributed by atoms with E-state index < -0.39 is 30.4 Å². The molecule has 1 heterocycles. The average Bonchev–Trinajstić information content (AvgIpc) is 3.14. The van der Waals surface area contributed by atoms with Crippen molar-refractivity contribution >= 4 is 35.1 Å². The topological polar surface area (TPSA) is 102 Å². The lowest BCUT2D eigenvalue weighted by atomic mass is 10.1. The highest BCUT2D eigenvalue weighted by Crippen LogP contribution is 2.28. The van der Waals surface area contributed by atoms with E-state index in [2.05, 4.69) is 10.1 Å². The van der Waals surface area contributed by atoms with E-state index in [0.717, 1.165) is 11.3 Å². The van der Waals surface area contributed by atoms with Crippen molar-refractivity contribution in [3.8, 4) is 0 Å². The summed E-state index contributed by atoms with van der Waals surface area (Å²) in [6, 6.07) is 13.6. The molecule has 8 nitrogen and oxygen atoms in total. The number of rotatable bonds is 6. The number of amides is 2. The molecule has 2 amide bonds. The summed E-state index contributed by atoms with van der Waals surface area (Å²) in [5.74, 6) is -2.36. The maximum Gasteiger partial charge on any atom is 0.337 e. The SMILES string of the molecule is COC(=O)c1ccc(NC(=O)COC(=O)[C@H]2CC(=O)N(c3ccccc3C)C2)cc1. The van der Waals surface area contributed by atoms with Gasteiger partial charge in [0, 0.05) is 24.3 Å². The minimum absolute atomic E-state index is 0.0454. The molecule has 3 rings (SSSR count). The smallest absolute Gasteiger partial charge is 0.337 e. The third kappa shape index (κ3) is 4.83. The van der Waals surface area contributed by atoms with E-state index in [4.69, 9.17) is 4.74 Å². The number of carbonyl (C=O) groups excluding carboxylic acids is 4. The van der Waals surface area contributed by atoms with Gasteiger partial charge in [0.1, 0.15) is 0 Å². The van der Waals surface area contributed by atoms with Gasteiger partial charge in [0.15, 0.2) is 6.61 Å². The molecule has 0 unspecified atom stereocenters. The molecule has 0 aromatic heterocycles. The normalized spacial score (nSPS) is 15.6. The minimum Gasteiger partial charge on any atom is -0.465 e. The van der Waals surface area contributed by atoms with Crippen molar-refractivity contribution in [2.24, 2.45) is 5.92 Å². The number of methoxy groups -OCH3 is 1. The first kappa shape index (κ1) is 21.0. The first-order chi connectivity index (χ1) is 14.4. The second-order valence-electron chi connectivity index (χ2n) is 6.92. The first-order valence-electron chi connectivity index (χ1n) is 9.40. The fourth-order valence-corrected chi connectivity index (χ4v) is 3.22. The number of hydrogen-bond donors (Lipinski definition) is 1. The highest BCUT2D eigenvalue weighted by Gasteiger charge is 2.36. The van der Waals surface area contributed by atoms with Gasteiger partial charge in [-0.3, -0.25) is 14.4 Å². The van der Waals surface area contributed by atoms with E-state index >= 15 is 0 Å². The third-order valence-corrected chi connectivity index (χ3v) is 4.80. The number of aryl methyl sites for hydroxylation is 1. The van der Waals surface area contributed by atoms with Gasteiger partial charge < -0.3 is 19.7 Å². The third-order valence-electron chi connectivity index (χ3n) is 4.80. The van der Waals surface area contributed by atoms with Crippen molar-refractivity contribution in [3.05, 3.63) is 59.7 Å². The molecule has 1 N–H and O–H groups in total. The van der Waals surface area contributed by atoms with Crippen molar-refractivity contribution < 1.29 is 28.7 Å². The monoisotopic (exact) mass is 410 g/mol. The second kappa shape index (κ2) is 9.21. The van der Waals surface area contributed by atoms with Crippen molar-refractivity contribution in [2.75, 3.05) is 30.5 Å². The molecule has 156 valence electrons. The van der Waals surface area contributed by atoms with Crippen LogP contribution >= 0.6 is 0 Å². The molecule has 0 spiro atoms. The van der Waals surface area contributed by atoms with Crippen LogP contribution in [0.1, 0.15) is 22.3 Å². The van der Waals surface area contributed by atoms with Crippen LogP contribution in [-0.2, 0) is 23.9 Å². The van der Waals surface area contributed by atoms with Gasteiger partial charge in [-0.1, -0.05) is 18.2 Å². The van der Waals surface area contributed by atoms with Crippen molar-refractivity contribution in [1.29, 1.82) is 0 Å². The largest absolute Gasteiger partial charge is 0.465 e. The van der Waals surface area contributed by atoms with Crippen LogP contribution in [0.15, 0.2) is 48.5 Å². The number of para-hydroxylation sites is 1. The summed E-state index contributed by atoms with van der Waals surface area (Å²) in [5.41, 5.74) is 2.51. The van der Waals surface area contributed by atoms with Gasteiger partial charge in [-0.05, 0) is 42.8 Å². The second-order valence-corrected chi connectivity index (χ2v) is 6.92. The average molecular weight is 410 g/mol. The summed E-state index contributed by atoms with van der Waals surface area (Å²) in [7, 11) is 1.28. The lowest BCUT2D eigenvalue weighted by Crippen LogP contribution is -2.28. The fraction of sp³-hybridized carbons (Fsp3) is 0.273. The summed E-state index contributed by atoms with van der Waals surface area (Å²) >= 11 is 0. The molecular weight excluding hydrogens is 388 g/mol. The standard InChI is InChI=1S/C22H22N2O6/c1-14-5-3-4-6-18(14)24-12-16(11-20(24)26)22(28)30-13-19(25)23-17-9-7-15(8-10-17)21(27)29-2/h3-10,16H,11-13H2,1-2H3,(H,23,25)/t16-/m0/s1. The Bertz CT molecular complexity index is 970. The Hall–Kier alpha value is -3.68. The Morgan fingerprint density at radius 3 is 2.47 bits per heavy atom. The molecule has 0 radical (unpaired) electrons. The lowest BCUT2D eigenvalue weighted by molar-refractivity contribution is -0.151. The van der Waals surface area contributed by atoms with Crippen molar-refractivity contribution in [3.63, 3.8) is 0 Å². The molecule has 0 bridgehead atoms. The molecule has 1 aliphatic heterocycles. The minimum atomic E-state index is -0.621. The highest BCUT2D eigenvalue weighted by atomic mass is 16.5. The molecule has 1 fully saturated rings. The van der Waals surface area contributed by atoms with Crippen LogP contribution in [0.25, 0.3) is 0 Å². The van der Waals surface area contributed by atoms with Gasteiger partial charge in [-0.2, -0.15) is 0 Å². The summed E-state index contributed by atoms with van der Waals surface area (Å²) in [4.78, 5) is 49.7. The van der Waals surface area contributed by atoms with E-state index in [1.165, 1.54) is 19.2 Å². The molecule has 0 aliphatic carbocycles. The zero-order valence-corrected chi connectivity index (χ0v) is 16.7. The van der Waals surface area contributed by atoms with E-state index in [9.17, 15) is 19.2 Å². The zero-order chi connectivity index (χ0) is 21.7. The Morgan fingerprint density at radius 2 is 1.80 bits per heavy atom. The van der Waals surface area contributed by atoms with Crippen LogP contribution in [0.3, 0.4) is 0 Å². The molecule has 0 saturated carbocycles. The number of esters is 2. The van der Waals surface area contributed by atoms with E-state index in [1.54, 1.807) is 17.0 Å². The lowest BCUT2D eigenvalue weighted by Gasteiger charge is -2.18. The molecule has 8 heteroatoms. The quantitative estimate of drug-likeness (QED) is 0.734. The Kier molecular flexibility index (Phi) is 6.46. The van der Waals surface area contributed by atoms with Crippen molar-refractivity contribution in [2.45, 2.75) is 13.3 Å². The summed E-state index contributed by atoms with van der Waals surface area (Å²) < 4.78 is 9.71. The van der Waals surface area contributed by atoms with Crippen LogP contribution in [0.4, 0.5) is 11.4 Å². The number of nitrogens with one attached hydrogen (secondary N) is 1. The van der Waals surface area contributed by atoms with Gasteiger partial charge >= 0.3 is 11.9 Å². The maximum absolute atomic E-state index is 12.3. The molecule has 1 saturated heterocycles. The molecule has 30 heavy (non-hydrogen) atoms. The van der Waals surface area contributed by atoms with Gasteiger partial charge in [-0.15, -0.1) is 0 Å². The predicted octanol–water partition coefficient (Wildman–Crippen LogP) is 2.32. The number of ether oxygens (including phenoxy) is 2. The van der Waals surface area contributed by atoms with Crippen molar-refractivity contribution in [1.82, 2.24) is 0 Å². The van der Waals surface area contributed by atoms with E-state index in [0.29, 0.717) is 11.3 Å². The Balaban J connectivity index is 1.51. The summed E-state index contributed by atoms with van der Waals surface area (Å²) in [6.45, 7) is 1.65. The first-order valence-corrected chi connectivity index (χ1v) is 9.40. The molecular formula is C22H22N2O6. The van der Waals surface area contributed by atoms with Crippen LogP contribution in [-0.4, -0.2) is 44.0 Å². The summed E-state index contributed by atoms with van der Waals surface area (Å²) in [5, 5.41) is 2.58. The zero-order valence-electron chi connectivity index (χ0n) is 16.7. The highest BCUT2D eigenvalue weighted by molar-refractivity contribution is 6.00. The Morgan fingerprint density at radius 1 is 1.10 bits per heavy atom. The van der Waals surface area contributed by atoms with Crippen LogP contribution in [0, 0.1) is 12.8 Å². The summed E-state index contributed by atoms with van der Waals surface area (Å²) in [6.07, 6.45) is 0.0454. The van der Waals surface area contributed by atoms with Crippen LogP contribution in [0.2, 0.25) is 0 Å².